The summed E-state index contributed by atoms with van der Waals surface area (Å²) in [5.41, 5.74) is 5.44. The maximum atomic E-state index is 13.0. The summed E-state index contributed by atoms with van der Waals surface area (Å²) >= 11 is 0. The van der Waals surface area contributed by atoms with Crippen LogP contribution in [0.1, 0.15) is 45.6 Å². The third kappa shape index (κ3) is 9.25. The van der Waals surface area contributed by atoms with Crippen molar-refractivity contribution < 1.29 is 40.6 Å². The molecule has 51 heavy (non-hydrogen) atoms. The van der Waals surface area contributed by atoms with Gasteiger partial charge in [0.2, 0.25) is 0 Å². The minimum Gasteiger partial charge on any atom is -0.406 e. The zero-order valence-corrected chi connectivity index (χ0v) is 27.0. The maximum Gasteiger partial charge on any atom is 0.573 e. The SMILES string of the molecule is Cc1cnc(-c2ccc(C(OC(c3ccc(OC(F)(F)F)cc3)c3ccc(-c4ncc(C)cn4)cc3)c3ccc(OC(F)(F)F)cc3)cc2)nc1. The molecular formula is C38H28F6N4O3. The quantitative estimate of drug-likeness (QED) is 0.132. The van der Waals surface area contributed by atoms with Gasteiger partial charge in [0.05, 0.1) is 0 Å². The van der Waals surface area contributed by atoms with Crippen molar-refractivity contribution in [2.75, 3.05) is 0 Å². The van der Waals surface area contributed by atoms with Crippen molar-refractivity contribution in [1.29, 1.82) is 0 Å². The van der Waals surface area contributed by atoms with Crippen LogP contribution in [0.3, 0.4) is 0 Å². The lowest BCUT2D eigenvalue weighted by Gasteiger charge is -2.27. The molecule has 0 saturated carbocycles. The summed E-state index contributed by atoms with van der Waals surface area (Å²) in [7, 11) is 0. The van der Waals surface area contributed by atoms with Crippen molar-refractivity contribution in [3.05, 3.63) is 155 Å². The van der Waals surface area contributed by atoms with E-state index in [-0.39, 0.29) is 0 Å². The molecule has 13 heteroatoms. The van der Waals surface area contributed by atoms with Crippen molar-refractivity contribution in [2.45, 2.75) is 38.8 Å². The number of rotatable bonds is 10. The lowest BCUT2D eigenvalue weighted by Crippen LogP contribution is -2.17. The van der Waals surface area contributed by atoms with Gasteiger partial charge >= 0.3 is 12.7 Å². The molecule has 0 radical (unpaired) electrons. The molecule has 0 N–H and O–H groups in total. The summed E-state index contributed by atoms with van der Waals surface area (Å²) in [4.78, 5) is 17.5. The van der Waals surface area contributed by atoms with Crippen LogP contribution in [0.2, 0.25) is 0 Å². The fourth-order valence-corrected chi connectivity index (χ4v) is 5.22. The minimum atomic E-state index is -4.88. The van der Waals surface area contributed by atoms with E-state index in [4.69, 9.17) is 4.74 Å². The maximum absolute atomic E-state index is 13.0. The number of ether oxygens (including phenoxy) is 3. The van der Waals surface area contributed by atoms with Gasteiger partial charge in [-0.25, -0.2) is 19.9 Å². The van der Waals surface area contributed by atoms with Crippen LogP contribution >= 0.6 is 0 Å². The molecule has 0 aliphatic carbocycles. The smallest absolute Gasteiger partial charge is 0.406 e. The summed E-state index contributed by atoms with van der Waals surface area (Å²) in [5.74, 6) is 0.162. The summed E-state index contributed by atoms with van der Waals surface area (Å²) in [6, 6.07) is 24.9. The van der Waals surface area contributed by atoms with E-state index >= 15 is 0 Å². The van der Waals surface area contributed by atoms with Crippen LogP contribution in [-0.4, -0.2) is 32.7 Å². The highest BCUT2D eigenvalue weighted by molar-refractivity contribution is 5.57. The van der Waals surface area contributed by atoms with Crippen molar-refractivity contribution in [3.8, 4) is 34.3 Å². The third-order valence-electron chi connectivity index (χ3n) is 7.61. The van der Waals surface area contributed by atoms with Gasteiger partial charge in [-0.05, 0) is 71.5 Å². The average Bonchev–Trinajstić information content (AvgIpc) is 3.09. The molecule has 6 aromatic rings. The molecule has 2 heterocycles. The van der Waals surface area contributed by atoms with Crippen molar-refractivity contribution >= 4 is 0 Å². The largest absolute Gasteiger partial charge is 0.573 e. The molecular weight excluding hydrogens is 674 g/mol. The Hall–Kier alpha value is -5.82. The molecule has 4 aromatic carbocycles. The number of alkyl halides is 6. The number of nitrogens with zero attached hydrogens (tertiary/aromatic N) is 4. The summed E-state index contributed by atoms with van der Waals surface area (Å²) in [6.45, 7) is 3.74. The fraction of sp³-hybridized carbons (Fsp3) is 0.158. The molecule has 0 aliphatic rings. The van der Waals surface area contributed by atoms with Gasteiger partial charge in [0.25, 0.3) is 0 Å². The fourth-order valence-electron chi connectivity index (χ4n) is 5.22. The lowest BCUT2D eigenvalue weighted by atomic mass is 9.96. The van der Waals surface area contributed by atoms with Gasteiger partial charge in [-0.2, -0.15) is 0 Å². The first-order valence-corrected chi connectivity index (χ1v) is 15.4. The van der Waals surface area contributed by atoms with E-state index in [9.17, 15) is 26.3 Å². The van der Waals surface area contributed by atoms with Crippen LogP contribution in [0, 0.1) is 13.8 Å². The molecule has 0 amide bonds. The van der Waals surface area contributed by atoms with E-state index in [2.05, 4.69) is 29.4 Å². The second-order valence-corrected chi connectivity index (χ2v) is 11.5. The Kier molecular flexibility index (Phi) is 10.0. The van der Waals surface area contributed by atoms with Gasteiger partial charge in [-0.3, -0.25) is 0 Å². The highest BCUT2D eigenvalue weighted by Gasteiger charge is 2.32. The summed E-state index contributed by atoms with van der Waals surface area (Å²) < 4.78 is 92.7. The predicted octanol–water partition coefficient (Wildman–Crippen LogP) is 9.91. The normalized spacial score (nSPS) is 13.0. The Morgan fingerprint density at radius 2 is 0.706 bits per heavy atom. The molecule has 0 aliphatic heterocycles. The molecule has 0 spiro atoms. The summed E-state index contributed by atoms with van der Waals surface area (Å²) in [5, 5.41) is 0. The number of hydrogen-bond donors (Lipinski definition) is 0. The van der Waals surface area contributed by atoms with Gasteiger partial charge < -0.3 is 14.2 Å². The summed E-state index contributed by atoms with van der Waals surface area (Å²) in [6.07, 6.45) is -4.75. The molecule has 2 aromatic heterocycles. The van der Waals surface area contributed by atoms with Crippen LogP contribution in [-0.2, 0) is 4.74 Å². The number of hydrogen-bond acceptors (Lipinski definition) is 7. The van der Waals surface area contributed by atoms with Crippen molar-refractivity contribution in [1.82, 2.24) is 19.9 Å². The standard InChI is InChI=1S/C38H28F6N4O3/c1-23-19-45-35(46-20-23)29-7-3-25(4-8-29)33(27-11-15-31(16-12-27)50-37(39,40)41)49-34(28-13-17-32(18-14-28)51-38(42,43)44)26-5-9-30(10-6-26)36-47-21-24(2)22-48-36/h3-22,33-34H,1-2H3. The van der Waals surface area contributed by atoms with Gasteiger partial charge in [0, 0.05) is 35.9 Å². The van der Waals surface area contributed by atoms with E-state index in [0.717, 1.165) is 22.3 Å². The van der Waals surface area contributed by atoms with Crippen LogP contribution in [0.15, 0.2) is 122 Å². The van der Waals surface area contributed by atoms with Gasteiger partial charge in [0.15, 0.2) is 11.6 Å². The monoisotopic (exact) mass is 702 g/mol. The molecule has 0 bridgehead atoms. The second kappa shape index (κ2) is 14.6. The van der Waals surface area contributed by atoms with Gasteiger partial charge in [-0.1, -0.05) is 72.8 Å². The molecule has 0 saturated heterocycles. The molecule has 2 atom stereocenters. The second-order valence-electron chi connectivity index (χ2n) is 11.5. The Morgan fingerprint density at radius 1 is 0.431 bits per heavy atom. The third-order valence-corrected chi connectivity index (χ3v) is 7.61. The number of benzene rings is 4. The zero-order chi connectivity index (χ0) is 36.2. The first kappa shape index (κ1) is 35.0. The van der Waals surface area contributed by atoms with Crippen LogP contribution in [0.5, 0.6) is 11.5 Å². The lowest BCUT2D eigenvalue weighted by molar-refractivity contribution is -0.275. The molecule has 2 unspecified atom stereocenters. The number of halogens is 6. The minimum absolute atomic E-state index is 0.414. The van der Waals surface area contributed by atoms with Crippen LogP contribution in [0.4, 0.5) is 26.3 Å². The van der Waals surface area contributed by atoms with Gasteiger partial charge in [-0.15, -0.1) is 26.3 Å². The van der Waals surface area contributed by atoms with E-state index in [1.807, 2.05) is 13.8 Å². The van der Waals surface area contributed by atoms with E-state index < -0.39 is 36.4 Å². The first-order valence-electron chi connectivity index (χ1n) is 15.4. The Bertz CT molecular complexity index is 1890. The van der Waals surface area contributed by atoms with Crippen LogP contribution < -0.4 is 9.47 Å². The topological polar surface area (TPSA) is 79.2 Å². The molecule has 6 rings (SSSR count). The van der Waals surface area contributed by atoms with E-state index in [1.165, 1.54) is 48.5 Å². The first-order chi connectivity index (χ1) is 24.3. The zero-order valence-electron chi connectivity index (χ0n) is 27.0. The number of aryl methyl sites for hydroxylation is 2. The predicted molar refractivity (Wildman–Crippen MR) is 175 cm³/mol. The van der Waals surface area contributed by atoms with Crippen molar-refractivity contribution in [2.24, 2.45) is 0 Å². The van der Waals surface area contributed by atoms with Crippen LogP contribution in [0.25, 0.3) is 22.8 Å². The molecule has 260 valence electrons. The average molecular weight is 703 g/mol. The Balaban J connectivity index is 1.40. The van der Waals surface area contributed by atoms with E-state index in [0.29, 0.717) is 33.9 Å². The molecule has 0 fully saturated rings. The van der Waals surface area contributed by atoms with Gasteiger partial charge in [0.1, 0.15) is 23.7 Å². The Labute approximate surface area is 288 Å². The Morgan fingerprint density at radius 3 is 0.980 bits per heavy atom. The highest BCUT2D eigenvalue weighted by atomic mass is 19.4. The number of aromatic nitrogens is 4. The highest BCUT2D eigenvalue weighted by Crippen LogP contribution is 2.39. The van der Waals surface area contributed by atoms with E-state index in [1.54, 1.807) is 73.3 Å². The van der Waals surface area contributed by atoms with Crippen molar-refractivity contribution in [3.63, 3.8) is 0 Å². The molecule has 7 nitrogen and oxygen atoms in total.